The van der Waals surface area contributed by atoms with Gasteiger partial charge in [-0.3, -0.25) is 0 Å². The van der Waals surface area contributed by atoms with Crippen molar-refractivity contribution in [2.75, 3.05) is 11.4 Å². The number of anilines is 1. The average molecular weight is 263 g/mol. The van der Waals surface area contributed by atoms with Crippen molar-refractivity contribution in [3.05, 3.63) is 71.8 Å². The SMILES string of the molecule is Cc1ccccc1N1CC(c2ccccc2)=CC1(C)C. The van der Waals surface area contributed by atoms with Gasteiger partial charge < -0.3 is 4.90 Å². The van der Waals surface area contributed by atoms with E-state index in [9.17, 15) is 0 Å². The zero-order valence-electron chi connectivity index (χ0n) is 12.4. The fourth-order valence-electron chi connectivity index (χ4n) is 3.01. The highest BCUT2D eigenvalue weighted by atomic mass is 15.2. The van der Waals surface area contributed by atoms with Gasteiger partial charge in [0.25, 0.3) is 0 Å². The molecule has 0 spiro atoms. The molecule has 0 radical (unpaired) electrons. The summed E-state index contributed by atoms with van der Waals surface area (Å²) < 4.78 is 0. The van der Waals surface area contributed by atoms with Gasteiger partial charge in [0.2, 0.25) is 0 Å². The molecule has 1 heteroatoms. The van der Waals surface area contributed by atoms with Gasteiger partial charge >= 0.3 is 0 Å². The lowest BCUT2D eigenvalue weighted by molar-refractivity contribution is 0.611. The van der Waals surface area contributed by atoms with Crippen LogP contribution >= 0.6 is 0 Å². The Balaban J connectivity index is 1.97. The van der Waals surface area contributed by atoms with Gasteiger partial charge in [-0.05, 0) is 43.5 Å². The maximum Gasteiger partial charge on any atom is 0.0538 e. The fourth-order valence-corrected chi connectivity index (χ4v) is 3.01. The Hall–Kier alpha value is -2.02. The molecule has 2 aromatic rings. The van der Waals surface area contributed by atoms with E-state index in [0.29, 0.717) is 0 Å². The zero-order valence-corrected chi connectivity index (χ0v) is 12.4. The van der Waals surface area contributed by atoms with Crippen LogP contribution in [0.2, 0.25) is 0 Å². The lowest BCUT2D eigenvalue weighted by atomic mass is 10.0. The predicted octanol–water partition coefficient (Wildman–Crippen LogP) is 4.68. The third kappa shape index (κ3) is 2.24. The molecular formula is C19H21N. The molecule has 1 aliphatic rings. The molecule has 20 heavy (non-hydrogen) atoms. The highest BCUT2D eigenvalue weighted by Crippen LogP contribution is 2.37. The number of aryl methyl sites for hydroxylation is 1. The molecule has 2 aromatic carbocycles. The second kappa shape index (κ2) is 4.82. The Morgan fingerprint density at radius 1 is 0.900 bits per heavy atom. The van der Waals surface area contributed by atoms with Gasteiger partial charge in [0.1, 0.15) is 0 Å². The van der Waals surface area contributed by atoms with E-state index >= 15 is 0 Å². The standard InChI is InChI=1S/C19H21N/c1-15-9-7-8-12-18(15)20-14-17(13-19(20,2)3)16-10-5-4-6-11-16/h4-13H,14H2,1-3H3. The van der Waals surface area contributed by atoms with E-state index in [0.717, 1.165) is 6.54 Å². The minimum atomic E-state index is 0.0529. The van der Waals surface area contributed by atoms with E-state index in [1.807, 2.05) is 0 Å². The Labute approximate surface area is 121 Å². The molecule has 3 rings (SSSR count). The molecule has 0 aromatic heterocycles. The van der Waals surface area contributed by atoms with Crippen LogP contribution in [0.5, 0.6) is 0 Å². The second-order valence-electron chi connectivity index (χ2n) is 6.06. The normalized spacial score (nSPS) is 17.1. The van der Waals surface area contributed by atoms with Crippen molar-refractivity contribution in [3.8, 4) is 0 Å². The van der Waals surface area contributed by atoms with Gasteiger partial charge in [-0.1, -0.05) is 54.6 Å². The number of hydrogen-bond acceptors (Lipinski definition) is 1. The van der Waals surface area contributed by atoms with Gasteiger partial charge in [-0.15, -0.1) is 0 Å². The molecule has 0 unspecified atom stereocenters. The van der Waals surface area contributed by atoms with Crippen molar-refractivity contribution >= 4 is 11.3 Å². The average Bonchev–Trinajstić information content (AvgIpc) is 2.76. The van der Waals surface area contributed by atoms with Crippen molar-refractivity contribution in [2.24, 2.45) is 0 Å². The van der Waals surface area contributed by atoms with Crippen LogP contribution in [-0.4, -0.2) is 12.1 Å². The van der Waals surface area contributed by atoms with Crippen molar-refractivity contribution in [1.29, 1.82) is 0 Å². The number of benzene rings is 2. The topological polar surface area (TPSA) is 3.24 Å². The van der Waals surface area contributed by atoms with E-state index in [4.69, 9.17) is 0 Å². The number of hydrogen-bond donors (Lipinski definition) is 0. The van der Waals surface area contributed by atoms with E-state index in [-0.39, 0.29) is 5.54 Å². The fraction of sp³-hybridized carbons (Fsp3) is 0.263. The number of rotatable bonds is 2. The summed E-state index contributed by atoms with van der Waals surface area (Å²) in [5.41, 5.74) is 5.47. The van der Waals surface area contributed by atoms with E-state index < -0.39 is 0 Å². The number of para-hydroxylation sites is 1. The molecule has 0 saturated heterocycles. The summed E-state index contributed by atoms with van der Waals surface area (Å²) in [6, 6.07) is 19.3. The van der Waals surface area contributed by atoms with Gasteiger partial charge in [-0.2, -0.15) is 0 Å². The Bertz CT molecular complexity index is 638. The van der Waals surface area contributed by atoms with Crippen molar-refractivity contribution < 1.29 is 0 Å². The third-order valence-electron chi connectivity index (χ3n) is 4.10. The van der Waals surface area contributed by atoms with Gasteiger partial charge in [0.15, 0.2) is 0 Å². The Morgan fingerprint density at radius 2 is 1.55 bits per heavy atom. The molecule has 1 aliphatic heterocycles. The molecule has 0 atom stereocenters. The molecular weight excluding hydrogens is 242 g/mol. The lowest BCUT2D eigenvalue weighted by Gasteiger charge is -2.34. The Kier molecular flexibility index (Phi) is 3.13. The van der Waals surface area contributed by atoms with Crippen LogP contribution in [0, 0.1) is 6.92 Å². The molecule has 0 amide bonds. The molecule has 1 nitrogen and oxygen atoms in total. The predicted molar refractivity (Wildman–Crippen MR) is 87.0 cm³/mol. The van der Waals surface area contributed by atoms with Crippen molar-refractivity contribution in [1.82, 2.24) is 0 Å². The summed E-state index contributed by atoms with van der Waals surface area (Å²) in [6.07, 6.45) is 2.40. The first-order chi connectivity index (χ1) is 9.58. The molecule has 0 aliphatic carbocycles. The van der Waals surface area contributed by atoms with Gasteiger partial charge in [0.05, 0.1) is 5.54 Å². The van der Waals surface area contributed by atoms with Gasteiger partial charge in [0, 0.05) is 12.2 Å². The van der Waals surface area contributed by atoms with E-state index in [1.165, 1.54) is 22.4 Å². The first-order valence-corrected chi connectivity index (χ1v) is 7.18. The highest BCUT2D eigenvalue weighted by molar-refractivity contribution is 5.77. The minimum absolute atomic E-state index is 0.0529. The largest absolute Gasteiger partial charge is 0.358 e. The lowest BCUT2D eigenvalue weighted by Crippen LogP contribution is -2.39. The maximum absolute atomic E-state index is 2.49. The van der Waals surface area contributed by atoms with Crippen LogP contribution in [0.1, 0.15) is 25.0 Å². The van der Waals surface area contributed by atoms with Crippen LogP contribution in [0.3, 0.4) is 0 Å². The highest BCUT2D eigenvalue weighted by Gasteiger charge is 2.32. The molecule has 0 fully saturated rings. The van der Waals surface area contributed by atoms with Crippen molar-refractivity contribution in [3.63, 3.8) is 0 Å². The second-order valence-corrected chi connectivity index (χ2v) is 6.06. The first-order valence-electron chi connectivity index (χ1n) is 7.18. The maximum atomic E-state index is 2.49. The van der Waals surface area contributed by atoms with Crippen molar-refractivity contribution in [2.45, 2.75) is 26.3 Å². The number of nitrogens with zero attached hydrogens (tertiary/aromatic N) is 1. The van der Waals surface area contributed by atoms with Crippen LogP contribution < -0.4 is 4.90 Å². The van der Waals surface area contributed by atoms with E-state index in [1.54, 1.807) is 0 Å². The summed E-state index contributed by atoms with van der Waals surface area (Å²) >= 11 is 0. The van der Waals surface area contributed by atoms with E-state index in [2.05, 4.69) is 86.3 Å². The summed E-state index contributed by atoms with van der Waals surface area (Å²) in [6.45, 7) is 7.73. The molecule has 0 bridgehead atoms. The van der Waals surface area contributed by atoms with Crippen LogP contribution in [0.4, 0.5) is 5.69 Å². The first kappa shape index (κ1) is 13.0. The molecule has 0 N–H and O–H groups in total. The van der Waals surface area contributed by atoms with Crippen LogP contribution in [-0.2, 0) is 0 Å². The smallest absolute Gasteiger partial charge is 0.0538 e. The summed E-state index contributed by atoms with van der Waals surface area (Å²) in [7, 11) is 0. The zero-order chi connectivity index (χ0) is 14.2. The van der Waals surface area contributed by atoms with Gasteiger partial charge in [-0.25, -0.2) is 0 Å². The molecule has 102 valence electrons. The Morgan fingerprint density at radius 3 is 2.25 bits per heavy atom. The summed E-state index contributed by atoms with van der Waals surface area (Å²) in [5.74, 6) is 0. The van der Waals surface area contributed by atoms with Crippen LogP contribution in [0.25, 0.3) is 5.57 Å². The minimum Gasteiger partial charge on any atom is -0.358 e. The molecule has 1 heterocycles. The van der Waals surface area contributed by atoms with Crippen LogP contribution in [0.15, 0.2) is 60.7 Å². The monoisotopic (exact) mass is 263 g/mol. The molecule has 0 saturated carbocycles. The third-order valence-corrected chi connectivity index (χ3v) is 4.10. The summed E-state index contributed by atoms with van der Waals surface area (Å²) in [5, 5.41) is 0. The quantitative estimate of drug-likeness (QED) is 0.760. The summed E-state index contributed by atoms with van der Waals surface area (Å²) in [4.78, 5) is 2.49.